The van der Waals surface area contributed by atoms with Crippen molar-refractivity contribution in [3.05, 3.63) is 11.6 Å². The highest BCUT2D eigenvalue weighted by molar-refractivity contribution is 7.80. The van der Waals surface area contributed by atoms with Crippen molar-refractivity contribution < 1.29 is 9.59 Å². The Bertz CT molecular complexity index is 910. The zero-order valence-electron chi connectivity index (χ0n) is 22.7. The van der Waals surface area contributed by atoms with Gasteiger partial charge in [-0.25, -0.2) is 0 Å². The molecule has 3 saturated carbocycles. The highest BCUT2D eigenvalue weighted by Gasteiger charge is 2.61. The van der Waals surface area contributed by atoms with Gasteiger partial charge in [0.15, 0.2) is 10.9 Å². The average molecular weight is 487 g/mol. The first-order chi connectivity index (χ1) is 15.6. The van der Waals surface area contributed by atoms with Gasteiger partial charge in [0, 0.05) is 23.4 Å². The molecule has 4 unspecified atom stereocenters. The van der Waals surface area contributed by atoms with Gasteiger partial charge in [0.1, 0.15) is 0 Å². The van der Waals surface area contributed by atoms with Gasteiger partial charge < -0.3 is 5.32 Å². The van der Waals surface area contributed by atoms with E-state index >= 15 is 0 Å². The van der Waals surface area contributed by atoms with Gasteiger partial charge in [-0.15, -0.1) is 0 Å². The van der Waals surface area contributed by atoms with E-state index < -0.39 is 0 Å². The van der Waals surface area contributed by atoms with Crippen LogP contribution in [0.2, 0.25) is 0 Å². The number of carbonyl (C=O) groups excluding carboxylic acids is 2. The Morgan fingerprint density at radius 2 is 1.68 bits per heavy atom. The van der Waals surface area contributed by atoms with Crippen LogP contribution >= 0.6 is 12.2 Å². The minimum atomic E-state index is -0.370. The molecule has 0 aliphatic heterocycles. The molecule has 0 aromatic heterocycles. The highest BCUT2D eigenvalue weighted by atomic mass is 32.1. The molecule has 6 atom stereocenters. The summed E-state index contributed by atoms with van der Waals surface area (Å²) in [6.45, 7) is 17.4. The van der Waals surface area contributed by atoms with Crippen molar-refractivity contribution in [1.82, 2.24) is 10.2 Å². The van der Waals surface area contributed by atoms with Crippen LogP contribution in [0.4, 0.5) is 0 Å². The molecule has 0 radical (unpaired) electrons. The summed E-state index contributed by atoms with van der Waals surface area (Å²) in [5.41, 5.74) is 1.06. The fourth-order valence-electron chi connectivity index (χ4n) is 8.23. The monoisotopic (exact) mass is 486 g/mol. The van der Waals surface area contributed by atoms with Gasteiger partial charge in [-0.2, -0.15) is 0 Å². The first-order valence-electron chi connectivity index (χ1n) is 13.5. The molecule has 1 N–H and O–H groups in total. The van der Waals surface area contributed by atoms with Crippen molar-refractivity contribution in [2.24, 2.45) is 34.5 Å². The summed E-state index contributed by atoms with van der Waals surface area (Å²) in [6, 6.07) is 0. The Morgan fingerprint density at radius 3 is 2.29 bits per heavy atom. The lowest BCUT2D eigenvalue weighted by atomic mass is 9.47. The molecule has 0 aromatic carbocycles. The molecule has 4 nitrogen and oxygen atoms in total. The maximum absolute atomic E-state index is 14.2. The zero-order valence-corrected chi connectivity index (χ0v) is 23.5. The van der Waals surface area contributed by atoms with Crippen LogP contribution in [-0.4, -0.2) is 32.8 Å². The first kappa shape index (κ1) is 25.9. The summed E-state index contributed by atoms with van der Waals surface area (Å²) in [5, 5.41) is 3.96. The summed E-state index contributed by atoms with van der Waals surface area (Å²) in [7, 11) is 0. The SMILES string of the molecule is CC(C)(C)NC(=S)N(C(=O)C1CCC2C3CCC4=CC(=O)CC[C@]4(C)C3CC[C@]12C)C(C)(C)C. The summed E-state index contributed by atoms with van der Waals surface area (Å²) in [4.78, 5) is 28.2. The van der Waals surface area contributed by atoms with Crippen LogP contribution in [0, 0.1) is 34.5 Å². The van der Waals surface area contributed by atoms with E-state index in [1.54, 1.807) is 0 Å². The number of nitrogens with zero attached hydrogens (tertiary/aromatic N) is 1. The molecule has 1 amide bonds. The second kappa shape index (κ2) is 8.42. The minimum Gasteiger partial charge on any atom is -0.358 e. The van der Waals surface area contributed by atoms with Crippen LogP contribution in [0.3, 0.4) is 0 Å². The van der Waals surface area contributed by atoms with Crippen molar-refractivity contribution >= 4 is 29.0 Å². The number of rotatable bonds is 1. The number of carbonyl (C=O) groups is 2. The Labute approximate surface area is 212 Å². The molecule has 0 heterocycles. The van der Waals surface area contributed by atoms with Crippen LogP contribution in [0.1, 0.15) is 107 Å². The predicted molar refractivity (Wildman–Crippen MR) is 142 cm³/mol. The zero-order chi connectivity index (χ0) is 25.3. The van der Waals surface area contributed by atoms with Gasteiger partial charge in [0.25, 0.3) is 0 Å². The highest BCUT2D eigenvalue weighted by Crippen LogP contribution is 2.66. The normalized spacial score (nSPS) is 37.8. The van der Waals surface area contributed by atoms with E-state index in [1.165, 1.54) is 18.4 Å². The number of allylic oxidation sites excluding steroid dienone is 1. The second-order valence-electron chi connectivity index (χ2n) is 14.2. The van der Waals surface area contributed by atoms with E-state index in [9.17, 15) is 9.59 Å². The van der Waals surface area contributed by atoms with Crippen molar-refractivity contribution in [1.29, 1.82) is 0 Å². The molecule has 4 aliphatic rings. The van der Waals surface area contributed by atoms with E-state index in [0.717, 1.165) is 32.1 Å². The number of thiocarbonyl (C=S) groups is 1. The molecule has 4 rings (SSSR count). The van der Waals surface area contributed by atoms with Crippen molar-refractivity contribution in [3.8, 4) is 0 Å². The fraction of sp³-hybridized carbons (Fsp3) is 0.828. The molecule has 0 saturated heterocycles. The van der Waals surface area contributed by atoms with E-state index in [-0.39, 0.29) is 33.7 Å². The van der Waals surface area contributed by atoms with Gasteiger partial charge in [-0.05, 0) is 133 Å². The summed E-state index contributed by atoms with van der Waals surface area (Å²) >= 11 is 5.81. The van der Waals surface area contributed by atoms with Gasteiger partial charge in [-0.3, -0.25) is 14.5 Å². The van der Waals surface area contributed by atoms with E-state index in [4.69, 9.17) is 12.2 Å². The molecular weight excluding hydrogens is 440 g/mol. The lowest BCUT2D eigenvalue weighted by Crippen LogP contribution is -2.60. The maximum atomic E-state index is 14.2. The molecule has 0 spiro atoms. The third-order valence-electron chi connectivity index (χ3n) is 9.84. The molecule has 5 heteroatoms. The maximum Gasteiger partial charge on any atom is 0.232 e. The summed E-state index contributed by atoms with van der Waals surface area (Å²) < 4.78 is 0. The van der Waals surface area contributed by atoms with Crippen molar-refractivity contribution in [3.63, 3.8) is 0 Å². The van der Waals surface area contributed by atoms with Gasteiger partial charge in [0.05, 0.1) is 0 Å². The Hall–Kier alpha value is -1.23. The summed E-state index contributed by atoms with van der Waals surface area (Å²) in [5.74, 6) is 2.45. The van der Waals surface area contributed by atoms with Crippen LogP contribution in [0.15, 0.2) is 11.6 Å². The smallest absolute Gasteiger partial charge is 0.232 e. The standard InChI is InChI=1S/C29H46N2O2S/c1-26(2,3)30-25(34)31(27(4,5)6)24(33)23-12-11-21-20-10-9-18-17-19(32)13-15-28(18,7)22(20)14-16-29(21,23)8/h17,20-23H,9-16H2,1-8H3,(H,30,34)/t20?,21?,22?,23?,28-,29-/m0/s1. The third-order valence-corrected chi connectivity index (χ3v) is 10.1. The number of hydrogen-bond donors (Lipinski definition) is 1. The largest absolute Gasteiger partial charge is 0.358 e. The molecule has 3 fully saturated rings. The number of ketones is 1. The molecular formula is C29H46N2O2S. The number of fused-ring (bicyclic) bond motifs is 5. The van der Waals surface area contributed by atoms with Crippen LogP contribution in [0.25, 0.3) is 0 Å². The molecule has 34 heavy (non-hydrogen) atoms. The lowest BCUT2D eigenvalue weighted by molar-refractivity contribution is -0.142. The van der Waals surface area contributed by atoms with Crippen molar-refractivity contribution in [2.45, 2.75) is 118 Å². The van der Waals surface area contributed by atoms with Crippen molar-refractivity contribution in [2.75, 3.05) is 0 Å². The Balaban J connectivity index is 1.60. The van der Waals surface area contributed by atoms with E-state index in [1.807, 2.05) is 11.0 Å². The molecule has 0 bridgehead atoms. The molecule has 4 aliphatic carbocycles. The minimum absolute atomic E-state index is 0.0232. The lowest BCUT2D eigenvalue weighted by Gasteiger charge is -2.58. The topological polar surface area (TPSA) is 49.4 Å². The van der Waals surface area contributed by atoms with Crippen LogP contribution in [0.5, 0.6) is 0 Å². The predicted octanol–water partition coefficient (Wildman–Crippen LogP) is 6.43. The number of nitrogens with one attached hydrogen (secondary N) is 1. The number of hydrogen-bond acceptors (Lipinski definition) is 3. The van der Waals surface area contributed by atoms with Gasteiger partial charge in [-0.1, -0.05) is 19.4 Å². The Morgan fingerprint density at radius 1 is 1.00 bits per heavy atom. The van der Waals surface area contributed by atoms with Crippen LogP contribution < -0.4 is 5.32 Å². The van der Waals surface area contributed by atoms with E-state index in [2.05, 4.69) is 60.7 Å². The second-order valence-corrected chi connectivity index (χ2v) is 14.6. The quantitative estimate of drug-likeness (QED) is 0.434. The average Bonchev–Trinajstić information content (AvgIpc) is 3.03. The van der Waals surface area contributed by atoms with E-state index in [0.29, 0.717) is 35.1 Å². The molecule has 0 aromatic rings. The fourth-order valence-corrected chi connectivity index (χ4v) is 8.90. The Kier molecular flexibility index (Phi) is 6.40. The summed E-state index contributed by atoms with van der Waals surface area (Å²) in [6.07, 6.45) is 10.3. The molecule has 190 valence electrons. The number of amides is 1. The van der Waals surface area contributed by atoms with Gasteiger partial charge >= 0.3 is 0 Å². The van der Waals surface area contributed by atoms with Gasteiger partial charge in [0.2, 0.25) is 5.91 Å². The first-order valence-corrected chi connectivity index (χ1v) is 13.9. The third kappa shape index (κ3) is 4.29. The van der Waals surface area contributed by atoms with Crippen LogP contribution in [-0.2, 0) is 9.59 Å².